The minimum Gasteiger partial charge on any atom is -0.348 e. The van der Waals surface area contributed by atoms with E-state index in [0.717, 1.165) is 49.1 Å². The average Bonchev–Trinajstić information content (AvgIpc) is 2.38. The molecular weight excluding hydrogens is 294 g/mol. The Kier molecular flexibility index (Phi) is 8.22. The Bertz CT molecular complexity index is 306. The zero-order chi connectivity index (χ0) is 13.2. The summed E-state index contributed by atoms with van der Waals surface area (Å²) in [6.07, 6.45) is 5.87. The van der Waals surface area contributed by atoms with Crippen molar-refractivity contribution >= 4 is 15.9 Å². The van der Waals surface area contributed by atoms with Crippen molar-refractivity contribution in [3.8, 4) is 0 Å². The van der Waals surface area contributed by atoms with E-state index in [0.29, 0.717) is 0 Å². The molecular formula is C14H22BrNO2. The van der Waals surface area contributed by atoms with Gasteiger partial charge in [-0.25, -0.2) is 4.98 Å². The number of rotatable bonds is 9. The van der Waals surface area contributed by atoms with Crippen LogP contribution in [-0.2, 0) is 9.47 Å². The van der Waals surface area contributed by atoms with Crippen LogP contribution in [0.3, 0.4) is 0 Å². The van der Waals surface area contributed by atoms with Gasteiger partial charge in [0.2, 0.25) is 0 Å². The van der Waals surface area contributed by atoms with Crippen LogP contribution in [0.25, 0.3) is 0 Å². The first-order chi connectivity index (χ1) is 8.77. The summed E-state index contributed by atoms with van der Waals surface area (Å²) in [4.78, 5) is 4.21. The quantitative estimate of drug-likeness (QED) is 0.382. The highest BCUT2D eigenvalue weighted by Gasteiger charge is 2.12. The first-order valence-corrected chi connectivity index (χ1v) is 7.41. The Morgan fingerprint density at radius 1 is 1.11 bits per heavy atom. The lowest BCUT2D eigenvalue weighted by Gasteiger charge is -2.18. The first kappa shape index (κ1) is 15.6. The van der Waals surface area contributed by atoms with Crippen molar-refractivity contribution in [2.45, 2.75) is 45.8 Å². The van der Waals surface area contributed by atoms with Gasteiger partial charge in [-0.05, 0) is 40.9 Å². The summed E-state index contributed by atoms with van der Waals surface area (Å²) >= 11 is 3.33. The molecule has 0 aliphatic carbocycles. The second-order valence-corrected chi connectivity index (χ2v) is 5.01. The number of hydrogen-bond donors (Lipinski definition) is 0. The van der Waals surface area contributed by atoms with E-state index < -0.39 is 0 Å². The summed E-state index contributed by atoms with van der Waals surface area (Å²) < 4.78 is 12.4. The second kappa shape index (κ2) is 9.48. The molecule has 1 aromatic heterocycles. The van der Waals surface area contributed by atoms with E-state index in [-0.39, 0.29) is 6.29 Å². The lowest BCUT2D eigenvalue weighted by atomic mass is 10.2. The van der Waals surface area contributed by atoms with Gasteiger partial charge in [0.25, 0.3) is 0 Å². The SMILES string of the molecule is CCCCOC(OCCCC)c1ccc(Br)nc1. The molecule has 0 saturated heterocycles. The molecule has 0 saturated carbocycles. The fraction of sp³-hybridized carbons (Fsp3) is 0.643. The van der Waals surface area contributed by atoms with Gasteiger partial charge >= 0.3 is 0 Å². The summed E-state index contributed by atoms with van der Waals surface area (Å²) in [7, 11) is 0. The molecule has 0 unspecified atom stereocenters. The molecule has 4 heteroatoms. The molecule has 1 heterocycles. The van der Waals surface area contributed by atoms with Crippen molar-refractivity contribution in [1.29, 1.82) is 0 Å². The van der Waals surface area contributed by atoms with Crippen LogP contribution in [0.5, 0.6) is 0 Å². The van der Waals surface area contributed by atoms with Gasteiger partial charge in [0.05, 0.1) is 13.2 Å². The smallest absolute Gasteiger partial charge is 0.185 e. The molecule has 0 aliphatic rings. The molecule has 1 aromatic rings. The third-order valence-electron chi connectivity index (χ3n) is 2.56. The van der Waals surface area contributed by atoms with E-state index in [2.05, 4.69) is 34.8 Å². The third kappa shape index (κ3) is 5.94. The molecule has 0 bridgehead atoms. The third-order valence-corrected chi connectivity index (χ3v) is 3.03. The minimum atomic E-state index is -0.288. The van der Waals surface area contributed by atoms with Crippen molar-refractivity contribution in [2.75, 3.05) is 13.2 Å². The highest BCUT2D eigenvalue weighted by molar-refractivity contribution is 9.10. The predicted molar refractivity (Wildman–Crippen MR) is 76.4 cm³/mol. The van der Waals surface area contributed by atoms with Crippen molar-refractivity contribution in [3.63, 3.8) is 0 Å². The minimum absolute atomic E-state index is 0.288. The van der Waals surface area contributed by atoms with Gasteiger partial charge in [-0.2, -0.15) is 0 Å². The number of aromatic nitrogens is 1. The summed E-state index contributed by atoms with van der Waals surface area (Å²) in [5.41, 5.74) is 0.977. The van der Waals surface area contributed by atoms with E-state index in [4.69, 9.17) is 9.47 Å². The zero-order valence-corrected chi connectivity index (χ0v) is 12.8. The van der Waals surface area contributed by atoms with Crippen molar-refractivity contribution in [3.05, 3.63) is 28.5 Å². The molecule has 0 radical (unpaired) electrons. The maximum absolute atomic E-state index is 5.78. The number of hydrogen-bond acceptors (Lipinski definition) is 3. The van der Waals surface area contributed by atoms with Gasteiger partial charge < -0.3 is 9.47 Å². The molecule has 0 spiro atoms. The van der Waals surface area contributed by atoms with Crippen LogP contribution in [0.1, 0.15) is 51.4 Å². The summed E-state index contributed by atoms with van der Waals surface area (Å²) in [5.74, 6) is 0. The molecule has 18 heavy (non-hydrogen) atoms. The Labute approximate surface area is 118 Å². The van der Waals surface area contributed by atoms with E-state index >= 15 is 0 Å². The standard InChI is InChI=1S/C14H22BrNO2/c1-3-5-9-17-14(18-10-6-4-2)12-7-8-13(15)16-11-12/h7-8,11,14H,3-6,9-10H2,1-2H3. The van der Waals surface area contributed by atoms with Crippen LogP contribution in [0.15, 0.2) is 22.9 Å². The largest absolute Gasteiger partial charge is 0.348 e. The molecule has 0 aliphatic heterocycles. The Hall–Kier alpha value is -0.450. The van der Waals surface area contributed by atoms with E-state index in [9.17, 15) is 0 Å². The Morgan fingerprint density at radius 2 is 1.72 bits per heavy atom. The van der Waals surface area contributed by atoms with Crippen LogP contribution >= 0.6 is 15.9 Å². The second-order valence-electron chi connectivity index (χ2n) is 4.19. The number of ether oxygens (including phenoxy) is 2. The number of halogens is 1. The first-order valence-electron chi connectivity index (χ1n) is 6.62. The van der Waals surface area contributed by atoms with Crippen LogP contribution in [0, 0.1) is 0 Å². The van der Waals surface area contributed by atoms with E-state index in [1.807, 2.05) is 12.1 Å². The van der Waals surface area contributed by atoms with Gasteiger partial charge in [-0.15, -0.1) is 0 Å². The van der Waals surface area contributed by atoms with E-state index in [1.54, 1.807) is 6.20 Å². The van der Waals surface area contributed by atoms with Gasteiger partial charge in [0, 0.05) is 11.8 Å². The molecule has 0 atom stereocenters. The normalized spacial score (nSPS) is 11.1. The molecule has 1 rings (SSSR count). The van der Waals surface area contributed by atoms with Gasteiger partial charge in [0.1, 0.15) is 4.60 Å². The molecule has 3 nitrogen and oxygen atoms in total. The van der Waals surface area contributed by atoms with Crippen LogP contribution in [0.2, 0.25) is 0 Å². The highest BCUT2D eigenvalue weighted by atomic mass is 79.9. The number of nitrogens with zero attached hydrogens (tertiary/aromatic N) is 1. The molecule has 102 valence electrons. The van der Waals surface area contributed by atoms with Gasteiger partial charge in [0.15, 0.2) is 6.29 Å². The molecule has 0 N–H and O–H groups in total. The van der Waals surface area contributed by atoms with Crippen molar-refractivity contribution in [1.82, 2.24) is 4.98 Å². The highest BCUT2D eigenvalue weighted by Crippen LogP contribution is 2.20. The number of pyridine rings is 1. The summed E-state index contributed by atoms with van der Waals surface area (Å²) in [6.45, 7) is 5.75. The van der Waals surface area contributed by atoms with E-state index in [1.165, 1.54) is 0 Å². The number of unbranched alkanes of at least 4 members (excludes halogenated alkanes) is 2. The van der Waals surface area contributed by atoms with Crippen molar-refractivity contribution in [2.24, 2.45) is 0 Å². The Balaban J connectivity index is 2.54. The van der Waals surface area contributed by atoms with Gasteiger partial charge in [-0.3, -0.25) is 0 Å². The van der Waals surface area contributed by atoms with Crippen molar-refractivity contribution < 1.29 is 9.47 Å². The Morgan fingerprint density at radius 3 is 2.17 bits per heavy atom. The topological polar surface area (TPSA) is 31.4 Å². The summed E-state index contributed by atoms with van der Waals surface area (Å²) in [6, 6.07) is 3.90. The fourth-order valence-corrected chi connectivity index (χ4v) is 1.67. The lowest BCUT2D eigenvalue weighted by Crippen LogP contribution is -2.11. The molecule has 0 amide bonds. The monoisotopic (exact) mass is 315 g/mol. The van der Waals surface area contributed by atoms with Crippen LogP contribution in [-0.4, -0.2) is 18.2 Å². The predicted octanol–water partition coefficient (Wildman–Crippen LogP) is 4.48. The maximum atomic E-state index is 5.78. The zero-order valence-electron chi connectivity index (χ0n) is 11.2. The summed E-state index contributed by atoms with van der Waals surface area (Å²) in [5, 5.41) is 0. The molecule has 0 aromatic carbocycles. The van der Waals surface area contributed by atoms with Crippen LogP contribution < -0.4 is 0 Å². The molecule has 0 fully saturated rings. The van der Waals surface area contributed by atoms with Gasteiger partial charge in [-0.1, -0.05) is 26.7 Å². The average molecular weight is 316 g/mol. The van der Waals surface area contributed by atoms with Crippen LogP contribution in [0.4, 0.5) is 0 Å². The maximum Gasteiger partial charge on any atom is 0.185 e. The lowest BCUT2D eigenvalue weighted by molar-refractivity contribution is -0.148. The fourth-order valence-electron chi connectivity index (χ4n) is 1.44.